The summed E-state index contributed by atoms with van der Waals surface area (Å²) in [7, 11) is 0. The third-order valence-corrected chi connectivity index (χ3v) is 1.72. The molecule has 0 radical (unpaired) electrons. The Balaban J connectivity index is 3.25. The molecule has 0 amide bonds. The maximum absolute atomic E-state index is 12.9. The van der Waals surface area contributed by atoms with E-state index in [9.17, 15) is 4.39 Å². The second kappa shape index (κ2) is 3.65. The molecule has 0 aromatic carbocycles. The van der Waals surface area contributed by atoms with Crippen molar-refractivity contribution in [3.05, 3.63) is 34.9 Å². The maximum Gasteiger partial charge on any atom is 0.149 e. The largest absolute Gasteiger partial charge is 0.392 e. The summed E-state index contributed by atoms with van der Waals surface area (Å²) in [5.74, 6) is -0.529. The molecule has 0 bridgehead atoms. The fraction of sp³-hybridized carbons (Fsp3) is 0.125. The molecule has 1 N–H and O–H groups in total. The third kappa shape index (κ3) is 1.62. The van der Waals surface area contributed by atoms with E-state index in [0.29, 0.717) is 0 Å². The standard InChI is InChI=1S/C8H7ClFNO/c1-2-7-6(10)3-5(4-12)8(9)11-7/h2-3,12H,1,4H2. The number of hydrogen-bond donors (Lipinski definition) is 1. The molecule has 0 fully saturated rings. The van der Waals surface area contributed by atoms with Crippen molar-refractivity contribution >= 4 is 17.7 Å². The molecular formula is C8H7ClFNO. The second-order valence-corrected chi connectivity index (χ2v) is 2.53. The molecule has 0 saturated heterocycles. The molecule has 4 heteroatoms. The molecular weight excluding hydrogens is 181 g/mol. The Labute approximate surface area is 74.3 Å². The van der Waals surface area contributed by atoms with E-state index in [-0.39, 0.29) is 23.0 Å². The van der Waals surface area contributed by atoms with Gasteiger partial charge in [-0.1, -0.05) is 18.2 Å². The molecule has 12 heavy (non-hydrogen) atoms. The van der Waals surface area contributed by atoms with Gasteiger partial charge in [0.25, 0.3) is 0 Å². The van der Waals surface area contributed by atoms with Gasteiger partial charge < -0.3 is 5.11 Å². The SMILES string of the molecule is C=Cc1nc(Cl)c(CO)cc1F. The minimum atomic E-state index is -0.529. The molecule has 0 spiro atoms. The number of hydrogen-bond acceptors (Lipinski definition) is 2. The van der Waals surface area contributed by atoms with Crippen LogP contribution in [-0.4, -0.2) is 10.1 Å². The van der Waals surface area contributed by atoms with Crippen molar-refractivity contribution in [1.29, 1.82) is 0 Å². The molecule has 1 heterocycles. The van der Waals surface area contributed by atoms with Crippen molar-refractivity contribution in [2.24, 2.45) is 0 Å². The Hall–Kier alpha value is -0.930. The first-order chi connectivity index (χ1) is 5.69. The van der Waals surface area contributed by atoms with Gasteiger partial charge in [-0.15, -0.1) is 0 Å². The van der Waals surface area contributed by atoms with E-state index in [1.54, 1.807) is 0 Å². The topological polar surface area (TPSA) is 33.1 Å². The van der Waals surface area contributed by atoms with Crippen molar-refractivity contribution in [2.45, 2.75) is 6.61 Å². The van der Waals surface area contributed by atoms with Gasteiger partial charge in [-0.25, -0.2) is 9.37 Å². The minimum absolute atomic E-state index is 0.0946. The molecule has 1 rings (SSSR count). The molecule has 1 aromatic heterocycles. The number of rotatable bonds is 2. The highest BCUT2D eigenvalue weighted by Gasteiger charge is 2.06. The summed E-state index contributed by atoms with van der Waals surface area (Å²) < 4.78 is 12.9. The summed E-state index contributed by atoms with van der Waals surface area (Å²) in [6, 6.07) is 1.15. The van der Waals surface area contributed by atoms with Gasteiger partial charge in [0.1, 0.15) is 11.0 Å². The van der Waals surface area contributed by atoms with Crippen molar-refractivity contribution in [3.8, 4) is 0 Å². The molecule has 0 saturated carbocycles. The van der Waals surface area contributed by atoms with Crippen LogP contribution in [0.3, 0.4) is 0 Å². The molecule has 0 aliphatic rings. The summed E-state index contributed by atoms with van der Waals surface area (Å²) in [5, 5.41) is 8.79. The quantitative estimate of drug-likeness (QED) is 0.719. The Bertz CT molecular complexity index is 314. The lowest BCUT2D eigenvalue weighted by atomic mass is 10.2. The van der Waals surface area contributed by atoms with Gasteiger partial charge in [0.15, 0.2) is 0 Å². The normalized spacial score (nSPS) is 9.92. The predicted octanol–water partition coefficient (Wildman–Crippen LogP) is 2.01. The van der Waals surface area contributed by atoms with E-state index < -0.39 is 5.82 Å². The number of halogens is 2. The first-order valence-corrected chi connectivity index (χ1v) is 3.65. The Morgan fingerprint density at radius 1 is 1.75 bits per heavy atom. The summed E-state index contributed by atoms with van der Waals surface area (Å²) in [5.41, 5.74) is 0.372. The summed E-state index contributed by atoms with van der Waals surface area (Å²) in [6.07, 6.45) is 1.27. The van der Waals surface area contributed by atoms with E-state index in [1.807, 2.05) is 0 Å². The van der Waals surface area contributed by atoms with Gasteiger partial charge in [-0.2, -0.15) is 0 Å². The fourth-order valence-corrected chi connectivity index (χ4v) is 0.977. The van der Waals surface area contributed by atoms with Crippen LogP contribution >= 0.6 is 11.6 Å². The first-order valence-electron chi connectivity index (χ1n) is 3.27. The highest BCUT2D eigenvalue weighted by Crippen LogP contribution is 2.17. The van der Waals surface area contributed by atoms with Crippen LogP contribution in [0.1, 0.15) is 11.3 Å². The molecule has 0 atom stereocenters. The van der Waals surface area contributed by atoms with Crippen LogP contribution in [0.15, 0.2) is 12.6 Å². The van der Waals surface area contributed by atoms with Crippen LogP contribution < -0.4 is 0 Å². The minimum Gasteiger partial charge on any atom is -0.392 e. The zero-order chi connectivity index (χ0) is 9.14. The van der Waals surface area contributed by atoms with Gasteiger partial charge in [-0.3, -0.25) is 0 Å². The number of aliphatic hydroxyl groups excluding tert-OH is 1. The number of pyridine rings is 1. The molecule has 64 valence electrons. The molecule has 1 aromatic rings. The number of aliphatic hydroxyl groups is 1. The highest BCUT2D eigenvalue weighted by molar-refractivity contribution is 6.30. The third-order valence-electron chi connectivity index (χ3n) is 1.39. The predicted molar refractivity (Wildman–Crippen MR) is 45.2 cm³/mol. The van der Waals surface area contributed by atoms with E-state index in [0.717, 1.165) is 6.07 Å². The lowest BCUT2D eigenvalue weighted by Crippen LogP contribution is -1.94. The fourth-order valence-electron chi connectivity index (χ4n) is 0.771. The van der Waals surface area contributed by atoms with E-state index in [1.165, 1.54) is 6.08 Å². The van der Waals surface area contributed by atoms with Gasteiger partial charge in [0.05, 0.1) is 12.3 Å². The lowest BCUT2D eigenvalue weighted by molar-refractivity contribution is 0.280. The second-order valence-electron chi connectivity index (χ2n) is 2.17. The van der Waals surface area contributed by atoms with Crippen LogP contribution in [0.4, 0.5) is 4.39 Å². The van der Waals surface area contributed by atoms with Crippen LogP contribution in [0.5, 0.6) is 0 Å². The number of nitrogens with zero attached hydrogens (tertiary/aromatic N) is 1. The summed E-state index contributed by atoms with van der Waals surface area (Å²) in [4.78, 5) is 3.67. The molecule has 2 nitrogen and oxygen atoms in total. The van der Waals surface area contributed by atoms with Crippen LogP contribution in [-0.2, 0) is 6.61 Å². The monoisotopic (exact) mass is 187 g/mol. The van der Waals surface area contributed by atoms with Crippen molar-refractivity contribution in [3.63, 3.8) is 0 Å². The molecule has 0 aliphatic carbocycles. The summed E-state index contributed by atoms with van der Waals surface area (Å²) >= 11 is 5.59. The van der Waals surface area contributed by atoms with Crippen molar-refractivity contribution in [2.75, 3.05) is 0 Å². The smallest absolute Gasteiger partial charge is 0.149 e. The summed E-state index contributed by atoms with van der Waals surface area (Å²) in [6.45, 7) is 3.05. The maximum atomic E-state index is 12.9. The average Bonchev–Trinajstić information content (AvgIpc) is 2.08. The van der Waals surface area contributed by atoms with Gasteiger partial charge >= 0.3 is 0 Å². The number of aromatic nitrogens is 1. The van der Waals surface area contributed by atoms with E-state index in [4.69, 9.17) is 16.7 Å². The zero-order valence-corrected chi connectivity index (χ0v) is 6.98. The van der Waals surface area contributed by atoms with Gasteiger partial charge in [-0.05, 0) is 12.1 Å². The van der Waals surface area contributed by atoms with Crippen molar-refractivity contribution < 1.29 is 9.50 Å². The van der Waals surface area contributed by atoms with Gasteiger partial charge in [0.2, 0.25) is 0 Å². The van der Waals surface area contributed by atoms with Crippen molar-refractivity contribution in [1.82, 2.24) is 4.98 Å². The average molecular weight is 188 g/mol. The zero-order valence-electron chi connectivity index (χ0n) is 6.22. The Morgan fingerprint density at radius 2 is 2.42 bits per heavy atom. The van der Waals surface area contributed by atoms with E-state index >= 15 is 0 Å². The van der Waals surface area contributed by atoms with Gasteiger partial charge in [0, 0.05) is 5.56 Å². The van der Waals surface area contributed by atoms with Crippen LogP contribution in [0, 0.1) is 5.82 Å². The Morgan fingerprint density at radius 3 is 2.92 bits per heavy atom. The molecule has 0 unspecified atom stereocenters. The van der Waals surface area contributed by atoms with Crippen LogP contribution in [0.2, 0.25) is 5.15 Å². The Kier molecular flexibility index (Phi) is 2.78. The molecule has 0 aliphatic heterocycles. The van der Waals surface area contributed by atoms with E-state index in [2.05, 4.69) is 11.6 Å². The first kappa shape index (κ1) is 9.16. The lowest BCUT2D eigenvalue weighted by Gasteiger charge is -2.01. The highest BCUT2D eigenvalue weighted by atomic mass is 35.5. The van der Waals surface area contributed by atoms with Crippen LogP contribution in [0.25, 0.3) is 6.08 Å².